The van der Waals surface area contributed by atoms with E-state index in [-0.39, 0.29) is 12.2 Å². The van der Waals surface area contributed by atoms with Gasteiger partial charge in [-0.2, -0.15) is 0 Å². The van der Waals surface area contributed by atoms with Gasteiger partial charge >= 0.3 is 0 Å². The highest BCUT2D eigenvalue weighted by Gasteiger charge is 2.09. The fourth-order valence-corrected chi connectivity index (χ4v) is 1.29. The van der Waals surface area contributed by atoms with Crippen molar-refractivity contribution in [1.29, 1.82) is 0 Å². The van der Waals surface area contributed by atoms with Crippen LogP contribution in [0.25, 0.3) is 0 Å². The molecule has 0 fully saturated rings. The van der Waals surface area contributed by atoms with Crippen molar-refractivity contribution in [1.82, 2.24) is 0 Å². The van der Waals surface area contributed by atoms with Gasteiger partial charge in [0, 0.05) is 10.6 Å². The Kier molecular flexibility index (Phi) is 3.36. The molecule has 0 aliphatic rings. The highest BCUT2D eigenvalue weighted by molar-refractivity contribution is 6.35. The molecule has 0 aromatic heterocycles. The predicted octanol–water partition coefficient (Wildman–Crippen LogP) is 3.20. The van der Waals surface area contributed by atoms with Crippen LogP contribution in [0.3, 0.4) is 0 Å². The summed E-state index contributed by atoms with van der Waals surface area (Å²) in [7, 11) is 0. The minimum Gasteiger partial charge on any atom is -0.293 e. The lowest BCUT2D eigenvalue weighted by molar-refractivity contribution is 0.0998. The summed E-state index contributed by atoms with van der Waals surface area (Å²) in [6.45, 7) is 0. The third-order valence-corrected chi connectivity index (χ3v) is 2.06. The Hall–Kier alpha value is -0.970. The second kappa shape index (κ2) is 4.32. The number of carbonyl (C=O) groups excluding carboxylic acids is 1. The molecule has 1 rings (SSSR count). The molecule has 3 heteroatoms. The minimum atomic E-state index is -0.185. The van der Waals surface area contributed by atoms with Crippen LogP contribution in [-0.4, -0.2) is 5.78 Å². The van der Waals surface area contributed by atoms with Crippen molar-refractivity contribution >= 4 is 29.0 Å². The first-order chi connectivity index (χ1) is 6.15. The van der Waals surface area contributed by atoms with Gasteiger partial charge in [0.1, 0.15) is 0 Å². The van der Waals surface area contributed by atoms with Gasteiger partial charge in [0.25, 0.3) is 0 Å². The molecular formula is C10H6Cl2O. The topological polar surface area (TPSA) is 17.1 Å². The summed E-state index contributed by atoms with van der Waals surface area (Å²) in [5.41, 5.74) is 0.382. The summed E-state index contributed by atoms with van der Waals surface area (Å²) in [5.74, 6) is 2.08. The molecule has 0 atom stereocenters. The number of terminal acetylenes is 1. The zero-order valence-electron chi connectivity index (χ0n) is 6.68. The Labute approximate surface area is 86.7 Å². The minimum absolute atomic E-state index is 0.0417. The second-order valence-electron chi connectivity index (χ2n) is 2.43. The molecule has 0 radical (unpaired) electrons. The number of Topliss-reactive ketones (excluding diaryl/α,β-unsaturated/α-hetero) is 1. The molecule has 0 bridgehead atoms. The van der Waals surface area contributed by atoms with Crippen molar-refractivity contribution in [3.05, 3.63) is 33.8 Å². The third-order valence-electron chi connectivity index (χ3n) is 1.49. The first kappa shape index (κ1) is 10.1. The number of hydrogen-bond acceptors (Lipinski definition) is 1. The average molecular weight is 213 g/mol. The molecule has 0 aliphatic heterocycles. The van der Waals surface area contributed by atoms with Crippen LogP contribution in [0, 0.1) is 12.3 Å². The molecule has 0 spiro atoms. The van der Waals surface area contributed by atoms with Crippen LogP contribution in [0.1, 0.15) is 16.8 Å². The number of ketones is 1. The maximum atomic E-state index is 11.3. The predicted molar refractivity (Wildman–Crippen MR) is 54.2 cm³/mol. The summed E-state index contributed by atoms with van der Waals surface area (Å²) < 4.78 is 0. The molecule has 0 N–H and O–H groups in total. The van der Waals surface area contributed by atoms with Crippen LogP contribution in [0.15, 0.2) is 18.2 Å². The van der Waals surface area contributed by atoms with E-state index in [4.69, 9.17) is 29.6 Å². The number of halogens is 2. The normalized spacial score (nSPS) is 9.31. The quantitative estimate of drug-likeness (QED) is 0.544. The Bertz CT molecular complexity index is 377. The van der Waals surface area contributed by atoms with Gasteiger partial charge in [-0.3, -0.25) is 4.79 Å². The molecule has 0 saturated heterocycles. The van der Waals surface area contributed by atoms with Gasteiger partial charge in [0.05, 0.1) is 11.4 Å². The van der Waals surface area contributed by atoms with E-state index in [9.17, 15) is 4.79 Å². The molecule has 1 aromatic carbocycles. The van der Waals surface area contributed by atoms with E-state index in [2.05, 4.69) is 5.92 Å². The number of benzene rings is 1. The number of hydrogen-bond donors (Lipinski definition) is 0. The Morgan fingerprint density at radius 2 is 2.15 bits per heavy atom. The van der Waals surface area contributed by atoms with Crippen LogP contribution in [-0.2, 0) is 0 Å². The zero-order valence-corrected chi connectivity index (χ0v) is 8.19. The van der Waals surface area contributed by atoms with Crippen LogP contribution >= 0.6 is 23.2 Å². The fourth-order valence-electron chi connectivity index (χ4n) is 0.899. The molecule has 66 valence electrons. The van der Waals surface area contributed by atoms with Crippen molar-refractivity contribution in [2.24, 2.45) is 0 Å². The molecule has 1 aromatic rings. The van der Waals surface area contributed by atoms with Gasteiger partial charge in [-0.25, -0.2) is 0 Å². The monoisotopic (exact) mass is 212 g/mol. The zero-order chi connectivity index (χ0) is 9.84. The van der Waals surface area contributed by atoms with Crippen molar-refractivity contribution in [3.8, 4) is 12.3 Å². The van der Waals surface area contributed by atoms with E-state index in [1.807, 2.05) is 0 Å². The summed E-state index contributed by atoms with van der Waals surface area (Å²) in [5, 5.41) is 0.856. The van der Waals surface area contributed by atoms with Gasteiger partial charge in [-0.15, -0.1) is 6.42 Å². The van der Waals surface area contributed by atoms with Crippen molar-refractivity contribution in [2.45, 2.75) is 6.42 Å². The molecule has 1 nitrogen and oxygen atoms in total. The van der Waals surface area contributed by atoms with E-state index >= 15 is 0 Å². The van der Waals surface area contributed by atoms with Crippen molar-refractivity contribution in [2.75, 3.05) is 0 Å². The van der Waals surface area contributed by atoms with E-state index < -0.39 is 0 Å². The van der Waals surface area contributed by atoms with E-state index in [0.29, 0.717) is 15.6 Å². The van der Waals surface area contributed by atoms with E-state index in [0.717, 1.165) is 0 Å². The van der Waals surface area contributed by atoms with Gasteiger partial charge < -0.3 is 0 Å². The first-order valence-electron chi connectivity index (χ1n) is 3.57. The molecule has 0 unspecified atom stereocenters. The second-order valence-corrected chi connectivity index (χ2v) is 3.27. The number of carbonyl (C=O) groups is 1. The summed E-state index contributed by atoms with van der Waals surface area (Å²) in [6, 6.07) is 4.72. The number of rotatable bonds is 2. The fraction of sp³-hybridized carbons (Fsp3) is 0.100. The standard InChI is InChI=1S/C10H6Cl2O/c1-2-3-10(13)8-6-7(11)4-5-9(8)12/h1,4-6H,3H2. The van der Waals surface area contributed by atoms with Gasteiger partial charge in [-0.1, -0.05) is 29.1 Å². The molecule has 0 saturated carbocycles. The highest BCUT2D eigenvalue weighted by Crippen LogP contribution is 2.21. The molecular weight excluding hydrogens is 207 g/mol. The lowest BCUT2D eigenvalue weighted by atomic mass is 10.1. The SMILES string of the molecule is C#CCC(=O)c1cc(Cl)ccc1Cl. The largest absolute Gasteiger partial charge is 0.293 e. The molecule has 0 aliphatic carbocycles. The van der Waals surface area contributed by atoms with Gasteiger partial charge in [0.15, 0.2) is 5.78 Å². The summed E-state index contributed by atoms with van der Waals surface area (Å²) in [4.78, 5) is 11.3. The van der Waals surface area contributed by atoms with Crippen LogP contribution in [0.5, 0.6) is 0 Å². The lowest BCUT2D eigenvalue weighted by Gasteiger charge is -2.00. The first-order valence-corrected chi connectivity index (χ1v) is 4.32. The maximum Gasteiger partial charge on any atom is 0.176 e. The third kappa shape index (κ3) is 2.48. The van der Waals surface area contributed by atoms with E-state index in [1.165, 1.54) is 6.07 Å². The summed E-state index contributed by atoms with van der Waals surface area (Å²) >= 11 is 11.5. The Balaban J connectivity index is 3.07. The lowest BCUT2D eigenvalue weighted by Crippen LogP contribution is -1.98. The highest BCUT2D eigenvalue weighted by atomic mass is 35.5. The van der Waals surface area contributed by atoms with Crippen LogP contribution in [0.2, 0.25) is 10.0 Å². The smallest absolute Gasteiger partial charge is 0.176 e. The average Bonchev–Trinajstić information content (AvgIpc) is 2.09. The van der Waals surface area contributed by atoms with Gasteiger partial charge in [0.2, 0.25) is 0 Å². The van der Waals surface area contributed by atoms with Crippen LogP contribution in [0.4, 0.5) is 0 Å². The van der Waals surface area contributed by atoms with Crippen molar-refractivity contribution in [3.63, 3.8) is 0 Å². The molecule has 13 heavy (non-hydrogen) atoms. The van der Waals surface area contributed by atoms with Gasteiger partial charge in [-0.05, 0) is 18.2 Å². The molecule has 0 heterocycles. The van der Waals surface area contributed by atoms with Crippen LogP contribution < -0.4 is 0 Å². The Morgan fingerprint density at radius 3 is 2.77 bits per heavy atom. The maximum absolute atomic E-state index is 11.3. The summed E-state index contributed by atoms with van der Waals surface area (Å²) in [6.07, 6.45) is 5.05. The van der Waals surface area contributed by atoms with Crippen molar-refractivity contribution < 1.29 is 4.79 Å². The van der Waals surface area contributed by atoms with E-state index in [1.54, 1.807) is 12.1 Å². The molecule has 0 amide bonds. The Morgan fingerprint density at radius 1 is 1.46 bits per heavy atom.